The van der Waals surface area contributed by atoms with Crippen molar-refractivity contribution in [1.82, 2.24) is 0 Å². The summed E-state index contributed by atoms with van der Waals surface area (Å²) in [6, 6.07) is 0. The molecule has 0 nitrogen and oxygen atoms in total. The molecule has 2 atom stereocenters. The summed E-state index contributed by atoms with van der Waals surface area (Å²) in [6.07, 6.45) is -2.78. The maximum absolute atomic E-state index is 13.3. The zero-order valence-electron chi connectivity index (χ0n) is 12.2. The molecule has 0 aromatic carbocycles. The van der Waals surface area contributed by atoms with E-state index in [1.54, 1.807) is 20.8 Å². The average Bonchev–Trinajstić information content (AvgIpc) is 2.09. The normalized spacial score (nSPS) is 18.0. The first kappa shape index (κ1) is 16.8. The van der Waals surface area contributed by atoms with Gasteiger partial charge in [0.2, 0.25) is 0 Å². The highest BCUT2D eigenvalue weighted by Crippen LogP contribution is 2.51. The van der Waals surface area contributed by atoms with E-state index in [1.807, 2.05) is 27.7 Å². The van der Waals surface area contributed by atoms with Crippen molar-refractivity contribution in [2.75, 3.05) is 0 Å². The molecule has 0 aromatic heterocycles. The summed E-state index contributed by atoms with van der Waals surface area (Å²) in [5.74, 6) is -1.57. The zero-order chi connectivity index (χ0) is 14.1. The Morgan fingerprint density at radius 1 is 0.882 bits per heavy atom. The number of hydrogen-bond acceptors (Lipinski definition) is 0. The molecule has 0 amide bonds. The maximum atomic E-state index is 13.3. The van der Waals surface area contributed by atoms with Gasteiger partial charge >= 0.3 is 6.18 Å². The Hall–Kier alpha value is -0.210. The summed E-state index contributed by atoms with van der Waals surface area (Å²) < 4.78 is 40.0. The van der Waals surface area contributed by atoms with Crippen LogP contribution in [0.5, 0.6) is 0 Å². The molecule has 0 saturated carbocycles. The van der Waals surface area contributed by atoms with E-state index < -0.39 is 17.5 Å². The van der Waals surface area contributed by atoms with Crippen molar-refractivity contribution in [3.8, 4) is 0 Å². The third-order valence-electron chi connectivity index (χ3n) is 4.04. The van der Waals surface area contributed by atoms with Crippen molar-refractivity contribution in [3.63, 3.8) is 0 Å². The van der Waals surface area contributed by atoms with Gasteiger partial charge in [0, 0.05) is 0 Å². The summed E-state index contributed by atoms with van der Waals surface area (Å²) in [7, 11) is 0. The minimum atomic E-state index is -4.12. The monoisotopic (exact) mass is 252 g/mol. The maximum Gasteiger partial charge on any atom is 0.392 e. The lowest BCUT2D eigenvalue weighted by Crippen LogP contribution is -2.45. The quantitative estimate of drug-likeness (QED) is 0.604. The van der Waals surface area contributed by atoms with Gasteiger partial charge in [-0.2, -0.15) is 13.2 Å². The molecule has 0 rings (SSSR count). The minimum absolute atomic E-state index is 0.276. The summed E-state index contributed by atoms with van der Waals surface area (Å²) in [5.41, 5.74) is -1.02. The molecule has 17 heavy (non-hydrogen) atoms. The van der Waals surface area contributed by atoms with Gasteiger partial charge in [0.15, 0.2) is 0 Å². The van der Waals surface area contributed by atoms with E-state index in [-0.39, 0.29) is 11.3 Å². The van der Waals surface area contributed by atoms with Gasteiger partial charge in [0.1, 0.15) is 0 Å². The van der Waals surface area contributed by atoms with Crippen LogP contribution < -0.4 is 0 Å². The Bertz CT molecular complexity index is 219. The predicted molar refractivity (Wildman–Crippen MR) is 66.9 cm³/mol. The third-order valence-corrected chi connectivity index (χ3v) is 4.04. The van der Waals surface area contributed by atoms with E-state index in [4.69, 9.17) is 0 Å². The molecular weight excluding hydrogens is 225 g/mol. The van der Waals surface area contributed by atoms with Crippen LogP contribution in [0.1, 0.15) is 61.3 Å². The van der Waals surface area contributed by atoms with Crippen LogP contribution in [0, 0.1) is 22.7 Å². The Labute approximate surface area is 104 Å². The van der Waals surface area contributed by atoms with Crippen LogP contribution in [0.3, 0.4) is 0 Å². The lowest BCUT2D eigenvalue weighted by atomic mass is 9.61. The van der Waals surface area contributed by atoms with Gasteiger partial charge in [-0.15, -0.1) is 0 Å². The van der Waals surface area contributed by atoms with Crippen LogP contribution in [0.2, 0.25) is 0 Å². The van der Waals surface area contributed by atoms with Crippen molar-refractivity contribution >= 4 is 0 Å². The van der Waals surface area contributed by atoms with Crippen LogP contribution in [0.25, 0.3) is 0 Å². The highest BCUT2D eigenvalue weighted by Gasteiger charge is 2.53. The average molecular weight is 252 g/mol. The molecule has 0 bridgehead atoms. The number of alkyl halides is 3. The third kappa shape index (κ3) is 4.18. The van der Waals surface area contributed by atoms with Gasteiger partial charge in [-0.1, -0.05) is 61.3 Å². The van der Waals surface area contributed by atoms with E-state index >= 15 is 0 Å². The van der Waals surface area contributed by atoms with Crippen LogP contribution in [-0.4, -0.2) is 6.18 Å². The summed E-state index contributed by atoms with van der Waals surface area (Å²) in [6.45, 7) is 12.8. The number of rotatable bonds is 4. The molecule has 0 heterocycles. The van der Waals surface area contributed by atoms with Gasteiger partial charge in [0.05, 0.1) is 5.92 Å². The molecule has 0 saturated heterocycles. The SMILES string of the molecule is CCC(C(C(C)(C)C)C(F)(F)F)C(C)(C)CC. The number of halogens is 3. The molecule has 0 aromatic rings. The summed E-state index contributed by atoms with van der Waals surface area (Å²) in [5, 5.41) is 0. The standard InChI is InChI=1S/C14H27F3/c1-8-10(13(6,7)9-2)11(12(3,4)5)14(15,16)17/h10-11H,8-9H2,1-7H3. The van der Waals surface area contributed by atoms with E-state index in [0.717, 1.165) is 6.42 Å². The number of hydrogen-bond donors (Lipinski definition) is 0. The Morgan fingerprint density at radius 2 is 1.29 bits per heavy atom. The van der Waals surface area contributed by atoms with E-state index in [9.17, 15) is 13.2 Å². The largest absolute Gasteiger partial charge is 0.392 e. The Morgan fingerprint density at radius 3 is 1.47 bits per heavy atom. The van der Waals surface area contributed by atoms with Crippen molar-refractivity contribution < 1.29 is 13.2 Å². The fraction of sp³-hybridized carbons (Fsp3) is 1.00. The van der Waals surface area contributed by atoms with Gasteiger partial charge in [-0.05, 0) is 16.7 Å². The van der Waals surface area contributed by atoms with E-state index in [0.29, 0.717) is 6.42 Å². The molecule has 0 radical (unpaired) electrons. The molecule has 0 fully saturated rings. The second-order valence-corrected chi connectivity index (χ2v) is 6.74. The second kappa shape index (κ2) is 5.19. The van der Waals surface area contributed by atoms with Crippen LogP contribution in [0.4, 0.5) is 13.2 Å². The molecule has 3 heteroatoms. The van der Waals surface area contributed by atoms with Crippen molar-refractivity contribution in [3.05, 3.63) is 0 Å². The fourth-order valence-corrected chi connectivity index (χ4v) is 2.82. The van der Waals surface area contributed by atoms with E-state index in [1.165, 1.54) is 0 Å². The molecule has 0 aliphatic heterocycles. The van der Waals surface area contributed by atoms with Crippen molar-refractivity contribution in [2.24, 2.45) is 22.7 Å². The first-order valence-corrected chi connectivity index (χ1v) is 6.44. The highest BCUT2D eigenvalue weighted by molar-refractivity contribution is 4.91. The van der Waals surface area contributed by atoms with Crippen molar-refractivity contribution in [1.29, 1.82) is 0 Å². The predicted octanol–water partition coefficient (Wildman–Crippen LogP) is 5.67. The highest BCUT2D eigenvalue weighted by atomic mass is 19.4. The molecule has 0 aliphatic rings. The van der Waals surface area contributed by atoms with Crippen LogP contribution in [-0.2, 0) is 0 Å². The fourth-order valence-electron chi connectivity index (χ4n) is 2.82. The summed E-state index contributed by atoms with van der Waals surface area (Å²) in [4.78, 5) is 0. The zero-order valence-corrected chi connectivity index (χ0v) is 12.2. The first-order chi connectivity index (χ1) is 7.38. The lowest BCUT2D eigenvalue weighted by Gasteiger charge is -2.45. The summed E-state index contributed by atoms with van der Waals surface area (Å²) >= 11 is 0. The van der Waals surface area contributed by atoms with Gasteiger partial charge < -0.3 is 0 Å². The molecule has 0 N–H and O–H groups in total. The van der Waals surface area contributed by atoms with Gasteiger partial charge in [-0.3, -0.25) is 0 Å². The molecule has 104 valence electrons. The Kier molecular flexibility index (Phi) is 5.13. The molecular formula is C14H27F3. The molecule has 2 unspecified atom stereocenters. The van der Waals surface area contributed by atoms with Gasteiger partial charge in [0.25, 0.3) is 0 Å². The van der Waals surface area contributed by atoms with Crippen molar-refractivity contribution in [2.45, 2.75) is 67.5 Å². The first-order valence-electron chi connectivity index (χ1n) is 6.44. The lowest BCUT2D eigenvalue weighted by molar-refractivity contribution is -0.228. The van der Waals surface area contributed by atoms with Crippen LogP contribution in [0.15, 0.2) is 0 Å². The molecule has 0 aliphatic carbocycles. The van der Waals surface area contributed by atoms with Crippen LogP contribution >= 0.6 is 0 Å². The second-order valence-electron chi connectivity index (χ2n) is 6.74. The van der Waals surface area contributed by atoms with Gasteiger partial charge in [-0.25, -0.2) is 0 Å². The minimum Gasteiger partial charge on any atom is -0.171 e. The Balaban J connectivity index is 5.44. The molecule has 0 spiro atoms. The van der Waals surface area contributed by atoms with E-state index in [2.05, 4.69) is 0 Å². The smallest absolute Gasteiger partial charge is 0.171 e. The topological polar surface area (TPSA) is 0 Å².